The Labute approximate surface area is 85.3 Å². The molecular weight excluding hydrogens is 176 g/mol. The number of aliphatic carboxylic acids is 1. The van der Waals surface area contributed by atoms with Crippen LogP contribution < -0.4 is 0 Å². The highest BCUT2D eigenvalue weighted by atomic mass is 16.4. The van der Waals surface area contributed by atoms with Crippen LogP contribution in [0.2, 0.25) is 0 Å². The summed E-state index contributed by atoms with van der Waals surface area (Å²) in [6, 6.07) is 0. The van der Waals surface area contributed by atoms with Gasteiger partial charge in [-0.25, -0.2) is 0 Å². The van der Waals surface area contributed by atoms with Crippen LogP contribution in [0, 0.1) is 11.8 Å². The van der Waals surface area contributed by atoms with E-state index in [-0.39, 0.29) is 5.92 Å². The molecule has 2 nitrogen and oxygen atoms in total. The predicted molar refractivity (Wildman–Crippen MR) is 57.0 cm³/mol. The molecule has 0 aromatic carbocycles. The van der Waals surface area contributed by atoms with Gasteiger partial charge in [0.15, 0.2) is 0 Å². The maximum absolute atomic E-state index is 10.7. The SMILES string of the molecule is CC(CC(C)C1=CCCC=C1)C(=O)O. The van der Waals surface area contributed by atoms with Crippen molar-refractivity contribution in [3.63, 3.8) is 0 Å². The van der Waals surface area contributed by atoms with Crippen molar-refractivity contribution in [2.45, 2.75) is 33.1 Å². The average molecular weight is 194 g/mol. The Balaban J connectivity index is 2.49. The van der Waals surface area contributed by atoms with Crippen molar-refractivity contribution in [2.24, 2.45) is 11.8 Å². The maximum Gasteiger partial charge on any atom is 0.306 e. The molecule has 78 valence electrons. The van der Waals surface area contributed by atoms with Crippen molar-refractivity contribution in [3.8, 4) is 0 Å². The van der Waals surface area contributed by atoms with Crippen LogP contribution in [-0.4, -0.2) is 11.1 Å². The van der Waals surface area contributed by atoms with E-state index in [1.54, 1.807) is 6.92 Å². The van der Waals surface area contributed by atoms with Gasteiger partial charge in [0.1, 0.15) is 0 Å². The van der Waals surface area contributed by atoms with E-state index in [0.717, 1.165) is 19.3 Å². The van der Waals surface area contributed by atoms with Gasteiger partial charge in [-0.3, -0.25) is 4.79 Å². The van der Waals surface area contributed by atoms with Crippen LogP contribution >= 0.6 is 0 Å². The van der Waals surface area contributed by atoms with Crippen molar-refractivity contribution < 1.29 is 9.90 Å². The van der Waals surface area contributed by atoms with Crippen LogP contribution in [0.25, 0.3) is 0 Å². The molecule has 0 heterocycles. The maximum atomic E-state index is 10.7. The van der Waals surface area contributed by atoms with E-state index >= 15 is 0 Å². The van der Waals surface area contributed by atoms with E-state index < -0.39 is 5.97 Å². The summed E-state index contributed by atoms with van der Waals surface area (Å²) in [7, 11) is 0. The summed E-state index contributed by atoms with van der Waals surface area (Å²) >= 11 is 0. The van der Waals surface area contributed by atoms with Gasteiger partial charge < -0.3 is 5.11 Å². The molecule has 0 bridgehead atoms. The Bertz CT molecular complexity index is 263. The highest BCUT2D eigenvalue weighted by molar-refractivity contribution is 5.69. The number of carboxylic acids is 1. The number of allylic oxidation sites excluding steroid dienone is 4. The molecule has 0 aliphatic heterocycles. The van der Waals surface area contributed by atoms with Crippen LogP contribution in [0.3, 0.4) is 0 Å². The van der Waals surface area contributed by atoms with Gasteiger partial charge in [-0.05, 0) is 30.8 Å². The van der Waals surface area contributed by atoms with E-state index in [1.807, 2.05) is 0 Å². The predicted octanol–water partition coefficient (Wildman–Crippen LogP) is 3.01. The molecule has 1 aliphatic carbocycles. The second-order valence-corrected chi connectivity index (χ2v) is 4.06. The first kappa shape index (κ1) is 11.0. The zero-order valence-corrected chi connectivity index (χ0v) is 8.86. The van der Waals surface area contributed by atoms with Gasteiger partial charge in [-0.2, -0.15) is 0 Å². The van der Waals surface area contributed by atoms with Gasteiger partial charge in [0.05, 0.1) is 5.92 Å². The third kappa shape index (κ3) is 3.02. The van der Waals surface area contributed by atoms with Gasteiger partial charge in [0.2, 0.25) is 0 Å². The minimum absolute atomic E-state index is 0.249. The van der Waals surface area contributed by atoms with Crippen LogP contribution in [-0.2, 0) is 4.79 Å². The van der Waals surface area contributed by atoms with Crippen LogP contribution in [0.1, 0.15) is 33.1 Å². The molecular formula is C12H18O2. The van der Waals surface area contributed by atoms with Gasteiger partial charge in [-0.1, -0.05) is 32.1 Å². The standard InChI is InChI=1S/C12H18O2/c1-9(8-10(2)12(13)14)11-6-4-3-5-7-11/h4,6-7,9-10H,3,5,8H2,1-2H3,(H,13,14). The highest BCUT2D eigenvalue weighted by Crippen LogP contribution is 2.24. The van der Waals surface area contributed by atoms with E-state index in [2.05, 4.69) is 25.2 Å². The van der Waals surface area contributed by atoms with Crippen LogP contribution in [0.4, 0.5) is 0 Å². The molecule has 1 N–H and O–H groups in total. The summed E-state index contributed by atoms with van der Waals surface area (Å²) in [6.45, 7) is 3.87. The van der Waals surface area contributed by atoms with Gasteiger partial charge >= 0.3 is 5.97 Å². The Kier molecular flexibility index (Phi) is 3.93. The Morgan fingerprint density at radius 3 is 2.71 bits per heavy atom. The largest absolute Gasteiger partial charge is 0.481 e. The Hall–Kier alpha value is -1.05. The monoisotopic (exact) mass is 194 g/mol. The summed E-state index contributed by atoms with van der Waals surface area (Å²) in [5, 5.41) is 8.79. The molecule has 0 radical (unpaired) electrons. The lowest BCUT2D eigenvalue weighted by molar-refractivity contribution is -0.141. The zero-order chi connectivity index (χ0) is 10.6. The molecule has 0 amide bonds. The molecule has 0 saturated heterocycles. The number of hydrogen-bond acceptors (Lipinski definition) is 1. The Morgan fingerprint density at radius 2 is 2.21 bits per heavy atom. The lowest BCUT2D eigenvalue weighted by atomic mass is 9.88. The summed E-state index contributed by atoms with van der Waals surface area (Å²) in [5.41, 5.74) is 1.30. The van der Waals surface area contributed by atoms with Crippen molar-refractivity contribution in [1.82, 2.24) is 0 Å². The van der Waals surface area contributed by atoms with E-state index in [1.165, 1.54) is 5.57 Å². The van der Waals surface area contributed by atoms with Crippen LogP contribution in [0.5, 0.6) is 0 Å². The first-order chi connectivity index (χ1) is 6.61. The smallest absolute Gasteiger partial charge is 0.306 e. The second kappa shape index (κ2) is 4.99. The third-order valence-corrected chi connectivity index (χ3v) is 2.72. The molecule has 2 unspecified atom stereocenters. The fraction of sp³-hybridized carbons (Fsp3) is 0.583. The normalized spacial score (nSPS) is 20.0. The van der Waals surface area contributed by atoms with Crippen molar-refractivity contribution in [2.75, 3.05) is 0 Å². The van der Waals surface area contributed by atoms with Crippen LogP contribution in [0.15, 0.2) is 23.8 Å². The molecule has 0 saturated carbocycles. The molecule has 0 aromatic rings. The zero-order valence-electron chi connectivity index (χ0n) is 8.86. The van der Waals surface area contributed by atoms with Crippen molar-refractivity contribution >= 4 is 5.97 Å². The fourth-order valence-electron chi connectivity index (χ4n) is 1.77. The lowest BCUT2D eigenvalue weighted by Crippen LogP contribution is -2.14. The summed E-state index contributed by atoms with van der Waals surface area (Å²) in [5.74, 6) is -0.587. The first-order valence-corrected chi connectivity index (χ1v) is 5.20. The van der Waals surface area contributed by atoms with Gasteiger partial charge in [0, 0.05) is 0 Å². The van der Waals surface area contributed by atoms with Crippen molar-refractivity contribution in [3.05, 3.63) is 23.8 Å². The van der Waals surface area contributed by atoms with E-state index in [9.17, 15) is 4.79 Å². The number of carboxylic acid groups (broad SMARTS) is 1. The fourth-order valence-corrected chi connectivity index (χ4v) is 1.77. The third-order valence-electron chi connectivity index (χ3n) is 2.72. The van der Waals surface area contributed by atoms with E-state index in [0.29, 0.717) is 5.92 Å². The second-order valence-electron chi connectivity index (χ2n) is 4.06. The topological polar surface area (TPSA) is 37.3 Å². The average Bonchev–Trinajstić information content (AvgIpc) is 2.19. The Morgan fingerprint density at radius 1 is 1.50 bits per heavy atom. The van der Waals surface area contributed by atoms with Gasteiger partial charge in [0.25, 0.3) is 0 Å². The summed E-state index contributed by atoms with van der Waals surface area (Å²) < 4.78 is 0. The molecule has 14 heavy (non-hydrogen) atoms. The molecule has 0 aromatic heterocycles. The number of hydrogen-bond donors (Lipinski definition) is 1. The molecule has 1 rings (SSSR count). The first-order valence-electron chi connectivity index (χ1n) is 5.20. The highest BCUT2D eigenvalue weighted by Gasteiger charge is 2.17. The van der Waals surface area contributed by atoms with E-state index in [4.69, 9.17) is 5.11 Å². The van der Waals surface area contributed by atoms with Crippen molar-refractivity contribution in [1.29, 1.82) is 0 Å². The molecule has 1 aliphatic rings. The summed E-state index contributed by atoms with van der Waals surface area (Å²) in [4.78, 5) is 10.7. The minimum atomic E-state index is -0.697. The quantitative estimate of drug-likeness (QED) is 0.747. The molecule has 0 fully saturated rings. The summed E-state index contributed by atoms with van der Waals surface area (Å²) in [6.07, 6.45) is 9.45. The van der Waals surface area contributed by atoms with Gasteiger partial charge in [-0.15, -0.1) is 0 Å². The minimum Gasteiger partial charge on any atom is -0.481 e. The number of rotatable bonds is 4. The molecule has 2 atom stereocenters. The molecule has 2 heteroatoms. The molecule has 0 spiro atoms. The lowest BCUT2D eigenvalue weighted by Gasteiger charge is -2.17. The number of carbonyl (C=O) groups is 1.